The van der Waals surface area contributed by atoms with Gasteiger partial charge < -0.3 is 4.42 Å². The van der Waals surface area contributed by atoms with Gasteiger partial charge in [0.2, 0.25) is 10.0 Å². The van der Waals surface area contributed by atoms with E-state index >= 15 is 0 Å². The summed E-state index contributed by atoms with van der Waals surface area (Å²) in [6.45, 7) is 0. The Morgan fingerprint density at radius 3 is 2.76 bits per heavy atom. The number of furan rings is 1. The zero-order valence-electron chi connectivity index (χ0n) is 10.8. The summed E-state index contributed by atoms with van der Waals surface area (Å²) in [6.07, 6.45) is 2.91. The fourth-order valence-corrected chi connectivity index (χ4v) is 3.29. The Labute approximate surface area is 125 Å². The summed E-state index contributed by atoms with van der Waals surface area (Å²) in [5.74, 6) is 0.0498. The lowest BCUT2D eigenvalue weighted by atomic mass is 10.2. The van der Waals surface area contributed by atoms with E-state index in [9.17, 15) is 13.2 Å². The summed E-state index contributed by atoms with van der Waals surface area (Å²) < 4.78 is 30.3. The Hall–Kier alpha value is -2.12. The molecule has 8 heteroatoms. The van der Waals surface area contributed by atoms with E-state index in [0.717, 1.165) is 10.2 Å². The smallest absolute Gasteiger partial charge is 0.237 e. The van der Waals surface area contributed by atoms with E-state index in [2.05, 4.69) is 4.98 Å². The average molecular weight is 325 g/mol. The first kappa shape index (κ1) is 13.8. The molecule has 0 saturated carbocycles. The van der Waals surface area contributed by atoms with E-state index in [1.165, 1.54) is 12.3 Å². The number of nitrogens with zero attached hydrogens (tertiary/aromatic N) is 2. The molecule has 3 aromatic rings. The summed E-state index contributed by atoms with van der Waals surface area (Å²) in [5.41, 5.74) is 0.890. The minimum Gasteiger partial charge on any atom is -0.461 e. The van der Waals surface area contributed by atoms with Crippen LogP contribution in [0.25, 0.3) is 22.3 Å². The van der Waals surface area contributed by atoms with Crippen molar-refractivity contribution in [1.82, 2.24) is 8.96 Å². The Balaban J connectivity index is 2.46. The average Bonchev–Trinajstić information content (AvgIpc) is 2.99. The van der Waals surface area contributed by atoms with Crippen molar-refractivity contribution in [2.45, 2.75) is 0 Å². The van der Waals surface area contributed by atoms with E-state index in [4.69, 9.17) is 16.0 Å². The first-order valence-electron chi connectivity index (χ1n) is 5.83. The number of carbonyl (C=O) groups excluding carboxylic acids is 1. The number of carbonyl (C=O) groups is 1. The quantitative estimate of drug-likeness (QED) is 0.546. The van der Waals surface area contributed by atoms with Crippen molar-refractivity contribution in [3.05, 3.63) is 41.4 Å². The van der Waals surface area contributed by atoms with Gasteiger partial charge in [0.05, 0.1) is 18.2 Å². The maximum atomic E-state index is 12.1. The van der Waals surface area contributed by atoms with Gasteiger partial charge in [-0.2, -0.15) is 0 Å². The lowest BCUT2D eigenvalue weighted by Crippen LogP contribution is -2.12. The van der Waals surface area contributed by atoms with Crippen LogP contribution < -0.4 is 0 Å². The monoisotopic (exact) mass is 324 g/mol. The van der Waals surface area contributed by atoms with Gasteiger partial charge in [0, 0.05) is 10.9 Å². The number of halogens is 1. The maximum Gasteiger partial charge on any atom is 0.237 e. The normalized spacial score (nSPS) is 11.9. The molecule has 21 heavy (non-hydrogen) atoms. The second-order valence-corrected chi connectivity index (χ2v) is 6.64. The topological polar surface area (TPSA) is 82.2 Å². The molecule has 0 aliphatic rings. The van der Waals surface area contributed by atoms with E-state index in [0.29, 0.717) is 22.9 Å². The third-order valence-electron chi connectivity index (χ3n) is 2.98. The highest BCUT2D eigenvalue weighted by Gasteiger charge is 2.22. The minimum absolute atomic E-state index is 0.0498. The van der Waals surface area contributed by atoms with E-state index in [-0.39, 0.29) is 16.6 Å². The molecule has 0 aliphatic carbocycles. The van der Waals surface area contributed by atoms with Gasteiger partial charge in [-0.1, -0.05) is 11.6 Å². The molecule has 6 nitrogen and oxygen atoms in total. The molecule has 0 radical (unpaired) electrons. The molecule has 0 atom stereocenters. The second-order valence-electron chi connectivity index (χ2n) is 4.42. The molecule has 0 aromatic carbocycles. The number of hydrogen-bond donors (Lipinski definition) is 0. The molecule has 0 N–H and O–H groups in total. The van der Waals surface area contributed by atoms with Crippen molar-refractivity contribution in [2.24, 2.45) is 0 Å². The molecule has 0 amide bonds. The molecular weight excluding hydrogens is 316 g/mol. The highest BCUT2D eigenvalue weighted by molar-refractivity contribution is 7.89. The predicted molar refractivity (Wildman–Crippen MR) is 78.1 cm³/mol. The summed E-state index contributed by atoms with van der Waals surface area (Å²) in [5, 5.41) is 0.776. The van der Waals surface area contributed by atoms with E-state index in [1.54, 1.807) is 18.2 Å². The Morgan fingerprint density at radius 1 is 1.33 bits per heavy atom. The van der Waals surface area contributed by atoms with Crippen molar-refractivity contribution in [1.29, 1.82) is 0 Å². The van der Waals surface area contributed by atoms with Crippen LogP contribution >= 0.6 is 11.6 Å². The molecule has 0 unspecified atom stereocenters. The number of fused-ring (bicyclic) bond motifs is 1. The van der Waals surface area contributed by atoms with Crippen molar-refractivity contribution in [3.8, 4) is 11.3 Å². The van der Waals surface area contributed by atoms with Gasteiger partial charge in [0.1, 0.15) is 5.15 Å². The molecule has 0 saturated heterocycles. The fourth-order valence-electron chi connectivity index (χ4n) is 2.18. The second kappa shape index (κ2) is 4.71. The Bertz CT molecular complexity index is 956. The highest BCUT2D eigenvalue weighted by atomic mass is 35.5. The highest BCUT2D eigenvalue weighted by Crippen LogP contribution is 2.31. The van der Waals surface area contributed by atoms with Crippen LogP contribution in [0.4, 0.5) is 0 Å². The molecule has 0 spiro atoms. The summed E-state index contributed by atoms with van der Waals surface area (Å²) >= 11 is 5.84. The molecular formula is C13H9ClN2O4S. The lowest BCUT2D eigenvalue weighted by molar-refractivity contribution is 0.110. The van der Waals surface area contributed by atoms with Crippen LogP contribution in [0, 0.1) is 0 Å². The molecule has 3 rings (SSSR count). The summed E-state index contributed by atoms with van der Waals surface area (Å²) in [6, 6.07) is 6.38. The molecule has 0 aliphatic heterocycles. The third-order valence-corrected chi connectivity index (χ3v) is 4.23. The lowest BCUT2D eigenvalue weighted by Gasteiger charge is -2.06. The van der Waals surface area contributed by atoms with Gasteiger partial charge in [0.25, 0.3) is 0 Å². The van der Waals surface area contributed by atoms with Gasteiger partial charge in [-0.25, -0.2) is 17.4 Å². The zero-order valence-corrected chi connectivity index (χ0v) is 12.4. The largest absolute Gasteiger partial charge is 0.461 e. The standard InChI is InChI=1S/C13H9ClN2O4S/c1-21(18,19)16-10(9-4-5-20-11(9)7-17)6-8-2-3-12(14)15-13(8)16/h2-7H,1H3. The van der Waals surface area contributed by atoms with Crippen LogP contribution in [0.5, 0.6) is 0 Å². The molecule has 3 heterocycles. The fraction of sp³-hybridized carbons (Fsp3) is 0.0769. The van der Waals surface area contributed by atoms with Crippen LogP contribution in [0.1, 0.15) is 10.6 Å². The number of rotatable bonds is 3. The van der Waals surface area contributed by atoms with Crippen molar-refractivity contribution in [2.75, 3.05) is 6.26 Å². The van der Waals surface area contributed by atoms with Crippen molar-refractivity contribution < 1.29 is 17.6 Å². The predicted octanol–water partition coefficient (Wildman–Crippen LogP) is 2.57. The van der Waals surface area contributed by atoms with E-state index < -0.39 is 10.0 Å². The zero-order chi connectivity index (χ0) is 15.2. The van der Waals surface area contributed by atoms with Crippen molar-refractivity contribution >= 4 is 38.9 Å². The molecule has 108 valence electrons. The van der Waals surface area contributed by atoms with Gasteiger partial charge in [-0.05, 0) is 24.3 Å². The third kappa shape index (κ3) is 2.24. The van der Waals surface area contributed by atoms with Gasteiger partial charge in [-0.15, -0.1) is 0 Å². The van der Waals surface area contributed by atoms with E-state index in [1.807, 2.05) is 0 Å². The molecule has 0 fully saturated rings. The van der Waals surface area contributed by atoms with Gasteiger partial charge >= 0.3 is 0 Å². The number of aromatic nitrogens is 2. The van der Waals surface area contributed by atoms with Crippen molar-refractivity contribution in [3.63, 3.8) is 0 Å². The van der Waals surface area contributed by atoms with Gasteiger partial charge in [0.15, 0.2) is 17.7 Å². The summed E-state index contributed by atoms with van der Waals surface area (Å²) in [4.78, 5) is 15.1. The summed E-state index contributed by atoms with van der Waals surface area (Å²) in [7, 11) is -3.65. The molecule has 0 bridgehead atoms. The Morgan fingerprint density at radius 2 is 2.10 bits per heavy atom. The van der Waals surface area contributed by atoms with Crippen LogP contribution in [-0.4, -0.2) is 29.9 Å². The van der Waals surface area contributed by atoms with Gasteiger partial charge in [-0.3, -0.25) is 4.79 Å². The molecule has 3 aromatic heterocycles. The maximum absolute atomic E-state index is 12.1. The Kier molecular flexibility index (Phi) is 3.11. The first-order chi connectivity index (χ1) is 9.91. The number of pyridine rings is 1. The van der Waals surface area contributed by atoms with Crippen LogP contribution in [-0.2, 0) is 10.0 Å². The van der Waals surface area contributed by atoms with Crippen LogP contribution in [0.2, 0.25) is 5.15 Å². The first-order valence-corrected chi connectivity index (χ1v) is 8.06. The van der Waals surface area contributed by atoms with Crippen LogP contribution in [0.15, 0.2) is 34.9 Å². The number of aldehydes is 1. The SMILES string of the molecule is CS(=O)(=O)n1c(-c2ccoc2C=O)cc2ccc(Cl)nc21. The number of hydrogen-bond acceptors (Lipinski definition) is 5. The minimum atomic E-state index is -3.65. The van der Waals surface area contributed by atoms with Crippen LogP contribution in [0.3, 0.4) is 0 Å².